The van der Waals surface area contributed by atoms with Gasteiger partial charge in [-0.15, -0.1) is 0 Å². The number of hydrogen-bond donors (Lipinski definition) is 0. The minimum atomic E-state index is -0.841. The van der Waals surface area contributed by atoms with Crippen molar-refractivity contribution >= 4 is 40.8 Å². The smallest absolute Gasteiger partial charge is 0.497 e. The summed E-state index contributed by atoms with van der Waals surface area (Å²) in [5.41, 5.74) is 11.1. The van der Waals surface area contributed by atoms with Gasteiger partial charge in [-0.05, 0) is 136 Å². The molecule has 8 rings (SSSR count). The molecule has 8 aromatic rings. The van der Waals surface area contributed by atoms with E-state index in [4.69, 9.17) is 18.9 Å². The zero-order chi connectivity index (χ0) is 44.5. The number of rotatable bonds is 13. The number of methoxy groups -OCH3 is 1. The number of para-hydroxylation sites is 2. The summed E-state index contributed by atoms with van der Waals surface area (Å²) in [6.45, 7) is 5.57. The molecule has 0 fully saturated rings. The number of carbonyl (C=O) groups is 2. The Morgan fingerprint density at radius 2 is 0.844 bits per heavy atom. The molecule has 7 nitrogen and oxygen atoms in total. The van der Waals surface area contributed by atoms with Gasteiger partial charge in [0.05, 0.1) is 7.11 Å². The predicted molar refractivity (Wildman–Crippen MR) is 256 cm³/mol. The summed E-state index contributed by atoms with van der Waals surface area (Å²) in [5, 5.41) is 0. The van der Waals surface area contributed by atoms with Crippen molar-refractivity contribution in [3.8, 4) is 34.1 Å². The van der Waals surface area contributed by atoms with Crippen molar-refractivity contribution in [2.45, 2.75) is 26.2 Å². The lowest BCUT2D eigenvalue weighted by molar-refractivity contribution is -0.131. The second kappa shape index (κ2) is 19.3. The van der Waals surface area contributed by atoms with Crippen LogP contribution in [0.25, 0.3) is 22.8 Å². The van der Waals surface area contributed by atoms with Crippen LogP contribution in [0.15, 0.2) is 206 Å². The Morgan fingerprint density at radius 1 is 0.453 bits per heavy atom. The standard InChI is InChI=1S/C57H47NO6/c1-40(59)62-52-35-25-46(26-36-52)57(2,3)47-27-37-54(38-28-47)64-56(60)63-53-33-23-45(24-34-53)55(44-21-31-51(61-4)32-22-44)39-41-15-17-42(18-16-41)43-19-29-50(30-20-43)58(48-11-7-5-8-12-48)49-13-9-6-10-14-49/h5-39H,1-4H3/b55-39+. The Bertz CT molecular complexity index is 2800. The molecular weight excluding hydrogens is 795 g/mol. The van der Waals surface area contributed by atoms with Gasteiger partial charge in [0.2, 0.25) is 0 Å². The summed E-state index contributed by atoms with van der Waals surface area (Å²) in [6.07, 6.45) is 1.31. The van der Waals surface area contributed by atoms with Crippen LogP contribution in [0.2, 0.25) is 0 Å². The second-order valence-electron chi connectivity index (χ2n) is 15.7. The van der Waals surface area contributed by atoms with Crippen LogP contribution in [-0.4, -0.2) is 19.2 Å². The molecule has 316 valence electrons. The summed E-state index contributed by atoms with van der Waals surface area (Å²) < 4.78 is 21.8. The van der Waals surface area contributed by atoms with Crippen LogP contribution < -0.4 is 23.8 Å². The van der Waals surface area contributed by atoms with E-state index in [1.165, 1.54) is 6.92 Å². The normalized spacial score (nSPS) is 11.3. The Hall–Kier alpha value is -8.16. The SMILES string of the molecule is COc1ccc(/C(=C\c2ccc(-c3ccc(N(c4ccccc4)c4ccccc4)cc3)cc2)c2ccc(OC(=O)Oc3ccc(C(C)(C)c4ccc(OC(C)=O)cc4)cc3)cc2)cc1. The minimum absolute atomic E-state index is 0.351. The fraction of sp³-hybridized carbons (Fsp3) is 0.0877. The molecular formula is C57H47NO6. The van der Waals surface area contributed by atoms with Crippen molar-refractivity contribution in [2.75, 3.05) is 12.0 Å². The lowest BCUT2D eigenvalue weighted by atomic mass is 9.78. The summed E-state index contributed by atoms with van der Waals surface area (Å²) in [5.74, 6) is 1.61. The predicted octanol–water partition coefficient (Wildman–Crippen LogP) is 14.2. The molecule has 0 N–H and O–H groups in total. The highest BCUT2D eigenvalue weighted by molar-refractivity contribution is 5.92. The van der Waals surface area contributed by atoms with Crippen LogP contribution >= 0.6 is 0 Å². The highest BCUT2D eigenvalue weighted by atomic mass is 16.7. The van der Waals surface area contributed by atoms with Crippen molar-refractivity contribution in [3.63, 3.8) is 0 Å². The highest BCUT2D eigenvalue weighted by Gasteiger charge is 2.24. The largest absolute Gasteiger partial charge is 0.519 e. The first-order chi connectivity index (χ1) is 31.1. The molecule has 8 aromatic carbocycles. The second-order valence-corrected chi connectivity index (χ2v) is 15.7. The van der Waals surface area contributed by atoms with Gasteiger partial charge in [0.15, 0.2) is 0 Å². The van der Waals surface area contributed by atoms with Gasteiger partial charge in [-0.25, -0.2) is 4.79 Å². The maximum Gasteiger partial charge on any atom is 0.519 e. The molecule has 0 aliphatic carbocycles. The van der Waals surface area contributed by atoms with E-state index in [0.717, 1.165) is 67.3 Å². The number of benzene rings is 8. The van der Waals surface area contributed by atoms with Crippen molar-refractivity contribution in [3.05, 3.63) is 234 Å². The maximum absolute atomic E-state index is 12.9. The Labute approximate surface area is 374 Å². The summed E-state index contributed by atoms with van der Waals surface area (Å²) in [4.78, 5) is 26.5. The van der Waals surface area contributed by atoms with E-state index in [1.807, 2.05) is 72.8 Å². The first-order valence-electron chi connectivity index (χ1n) is 21.0. The van der Waals surface area contributed by atoms with Gasteiger partial charge in [-0.1, -0.05) is 135 Å². The fourth-order valence-corrected chi connectivity index (χ4v) is 7.57. The lowest BCUT2D eigenvalue weighted by Crippen LogP contribution is -2.19. The van der Waals surface area contributed by atoms with E-state index in [1.54, 1.807) is 43.5 Å². The van der Waals surface area contributed by atoms with Crippen LogP contribution in [0, 0.1) is 0 Å². The molecule has 0 aliphatic heterocycles. The molecule has 0 unspecified atom stereocenters. The quantitative estimate of drug-likeness (QED) is 0.0495. The van der Waals surface area contributed by atoms with E-state index in [-0.39, 0.29) is 11.4 Å². The molecule has 7 heteroatoms. The molecule has 0 spiro atoms. The fourth-order valence-electron chi connectivity index (χ4n) is 7.57. The Balaban J connectivity index is 0.959. The number of ether oxygens (including phenoxy) is 4. The van der Waals surface area contributed by atoms with E-state index in [0.29, 0.717) is 17.2 Å². The van der Waals surface area contributed by atoms with Crippen LogP contribution in [0.4, 0.5) is 21.9 Å². The third kappa shape index (κ3) is 10.1. The molecule has 0 atom stereocenters. The maximum atomic E-state index is 12.9. The number of hydrogen-bond acceptors (Lipinski definition) is 7. The first-order valence-corrected chi connectivity index (χ1v) is 21.0. The summed E-state index contributed by atoms with van der Waals surface area (Å²) in [7, 11) is 1.65. The van der Waals surface area contributed by atoms with Crippen LogP contribution in [0.1, 0.15) is 48.6 Å². The molecule has 0 saturated heterocycles. The zero-order valence-electron chi connectivity index (χ0n) is 36.1. The van der Waals surface area contributed by atoms with Gasteiger partial charge in [-0.2, -0.15) is 0 Å². The number of anilines is 3. The molecule has 0 bridgehead atoms. The average Bonchev–Trinajstić information content (AvgIpc) is 3.32. The number of esters is 1. The van der Waals surface area contributed by atoms with Crippen molar-refractivity contribution in [2.24, 2.45) is 0 Å². The minimum Gasteiger partial charge on any atom is -0.497 e. The zero-order valence-corrected chi connectivity index (χ0v) is 36.1. The summed E-state index contributed by atoms with van der Waals surface area (Å²) >= 11 is 0. The Morgan fingerprint density at radius 3 is 1.28 bits per heavy atom. The van der Waals surface area contributed by atoms with Gasteiger partial charge < -0.3 is 23.8 Å². The summed E-state index contributed by atoms with van der Waals surface area (Å²) in [6, 6.07) is 68.0. The number of nitrogens with zero attached hydrogens (tertiary/aromatic N) is 1. The molecule has 0 saturated carbocycles. The van der Waals surface area contributed by atoms with Crippen LogP contribution in [0.5, 0.6) is 23.0 Å². The van der Waals surface area contributed by atoms with E-state index >= 15 is 0 Å². The van der Waals surface area contributed by atoms with Crippen molar-refractivity contribution in [1.82, 2.24) is 0 Å². The van der Waals surface area contributed by atoms with Crippen LogP contribution in [0.3, 0.4) is 0 Å². The van der Waals surface area contributed by atoms with E-state index in [2.05, 4.69) is 122 Å². The van der Waals surface area contributed by atoms with E-state index in [9.17, 15) is 9.59 Å². The van der Waals surface area contributed by atoms with Gasteiger partial charge >= 0.3 is 12.1 Å². The monoisotopic (exact) mass is 841 g/mol. The Kier molecular flexibility index (Phi) is 12.8. The van der Waals surface area contributed by atoms with Gasteiger partial charge in [0, 0.05) is 29.4 Å². The van der Waals surface area contributed by atoms with Gasteiger partial charge in [-0.3, -0.25) is 4.79 Å². The molecule has 0 heterocycles. The molecule has 64 heavy (non-hydrogen) atoms. The highest BCUT2D eigenvalue weighted by Crippen LogP contribution is 2.37. The third-order valence-electron chi connectivity index (χ3n) is 11.1. The van der Waals surface area contributed by atoms with Gasteiger partial charge in [0.1, 0.15) is 23.0 Å². The lowest BCUT2D eigenvalue weighted by Gasteiger charge is -2.26. The average molecular weight is 842 g/mol. The van der Waals surface area contributed by atoms with Crippen molar-refractivity contribution in [1.29, 1.82) is 0 Å². The molecule has 0 aromatic heterocycles. The molecule has 0 radical (unpaired) electrons. The number of carbonyl (C=O) groups excluding carboxylic acids is 2. The first kappa shape index (κ1) is 42.5. The third-order valence-corrected chi connectivity index (χ3v) is 11.1. The molecule has 0 aliphatic rings. The van der Waals surface area contributed by atoms with Crippen LogP contribution in [-0.2, 0) is 10.2 Å². The van der Waals surface area contributed by atoms with Gasteiger partial charge in [0.25, 0.3) is 0 Å². The van der Waals surface area contributed by atoms with Crippen molar-refractivity contribution < 1.29 is 28.5 Å². The topological polar surface area (TPSA) is 74.3 Å². The van der Waals surface area contributed by atoms with E-state index < -0.39 is 6.16 Å². The molecule has 0 amide bonds.